The largest absolute Gasteiger partial charge is 0.385 e. The van der Waals surface area contributed by atoms with Crippen LogP contribution in [0.15, 0.2) is 98.6 Å². The molecule has 0 spiro atoms. The zero-order chi connectivity index (χ0) is 23.0. The maximum absolute atomic E-state index is 13.2. The number of methoxy groups -OCH3 is 1. The highest BCUT2D eigenvalue weighted by Crippen LogP contribution is 2.35. The van der Waals surface area contributed by atoms with Gasteiger partial charge in [0.25, 0.3) is 5.91 Å². The maximum Gasteiger partial charge on any atom is 0.266 e. The molecule has 1 amide bonds. The van der Waals surface area contributed by atoms with Crippen molar-refractivity contribution in [2.24, 2.45) is 4.99 Å². The number of carbonyl (C=O) groups excluding carboxylic acids is 1. The molecule has 168 valence electrons. The predicted molar refractivity (Wildman–Crippen MR) is 139 cm³/mol. The van der Waals surface area contributed by atoms with Crippen LogP contribution in [-0.4, -0.2) is 36.2 Å². The van der Waals surface area contributed by atoms with Gasteiger partial charge in [0, 0.05) is 30.1 Å². The van der Waals surface area contributed by atoms with Crippen LogP contribution < -0.4 is 0 Å². The molecule has 1 aliphatic heterocycles. The summed E-state index contributed by atoms with van der Waals surface area (Å²) in [5.41, 5.74) is 3.09. The lowest BCUT2D eigenvalue weighted by Crippen LogP contribution is -2.30. The Morgan fingerprint density at radius 3 is 2.30 bits per heavy atom. The molecule has 0 N–H and O–H groups in total. The molecule has 1 aliphatic rings. The fourth-order valence-corrected chi connectivity index (χ4v) is 5.14. The minimum absolute atomic E-state index is 0.0103. The first-order valence-electron chi connectivity index (χ1n) is 10.8. The monoisotopic (exact) mass is 474 g/mol. The molecule has 4 rings (SSSR count). The fraction of sp³-hybridized carbons (Fsp3) is 0.185. The Balaban J connectivity index is 1.52. The summed E-state index contributed by atoms with van der Waals surface area (Å²) in [6, 6.07) is 26.5. The number of para-hydroxylation sites is 1. The number of ether oxygens (including phenoxy) is 1. The van der Waals surface area contributed by atoms with E-state index in [0.29, 0.717) is 23.2 Å². The minimum atomic E-state index is -0.0103. The van der Waals surface area contributed by atoms with Crippen LogP contribution in [0.4, 0.5) is 5.69 Å². The Bertz CT molecular complexity index is 1140. The van der Waals surface area contributed by atoms with E-state index in [1.54, 1.807) is 23.8 Å². The summed E-state index contributed by atoms with van der Waals surface area (Å²) in [7, 11) is 1.67. The molecule has 0 aliphatic carbocycles. The smallest absolute Gasteiger partial charge is 0.266 e. The van der Waals surface area contributed by atoms with Gasteiger partial charge in [-0.15, -0.1) is 0 Å². The molecular formula is C27H26N2O2S2. The Kier molecular flexibility index (Phi) is 8.05. The van der Waals surface area contributed by atoms with Crippen LogP contribution >= 0.6 is 23.5 Å². The number of carbonyl (C=O) groups is 1. The number of amidine groups is 1. The number of aryl methyl sites for hydroxylation is 1. The third-order valence-electron chi connectivity index (χ3n) is 5.03. The quantitative estimate of drug-likeness (QED) is 0.266. The van der Waals surface area contributed by atoms with Crippen LogP contribution in [0.2, 0.25) is 0 Å². The Morgan fingerprint density at radius 1 is 0.970 bits per heavy atom. The summed E-state index contributed by atoms with van der Waals surface area (Å²) in [6.45, 7) is 3.27. The molecule has 3 aromatic rings. The van der Waals surface area contributed by atoms with Crippen molar-refractivity contribution in [1.82, 2.24) is 4.90 Å². The van der Waals surface area contributed by atoms with Gasteiger partial charge in [-0.05, 0) is 73.1 Å². The molecule has 4 nitrogen and oxygen atoms in total. The van der Waals surface area contributed by atoms with Crippen molar-refractivity contribution in [3.8, 4) is 0 Å². The van der Waals surface area contributed by atoms with Gasteiger partial charge in [0.2, 0.25) is 0 Å². The summed E-state index contributed by atoms with van der Waals surface area (Å²) in [5, 5.41) is 0.708. The Labute approximate surface area is 203 Å². The normalized spacial score (nSPS) is 16.2. The molecule has 0 bridgehead atoms. The van der Waals surface area contributed by atoms with Crippen molar-refractivity contribution in [2.45, 2.75) is 23.1 Å². The molecular weight excluding hydrogens is 448 g/mol. The second kappa shape index (κ2) is 11.4. The van der Waals surface area contributed by atoms with E-state index in [4.69, 9.17) is 9.73 Å². The molecule has 0 radical (unpaired) electrons. The summed E-state index contributed by atoms with van der Waals surface area (Å²) < 4.78 is 5.17. The van der Waals surface area contributed by atoms with Gasteiger partial charge in [-0.2, -0.15) is 0 Å². The number of hydrogen-bond acceptors (Lipinski definition) is 5. The number of rotatable bonds is 8. The van der Waals surface area contributed by atoms with Crippen molar-refractivity contribution in [3.05, 3.63) is 94.9 Å². The number of amides is 1. The van der Waals surface area contributed by atoms with Crippen molar-refractivity contribution >= 4 is 46.4 Å². The highest BCUT2D eigenvalue weighted by atomic mass is 32.2. The fourth-order valence-electron chi connectivity index (χ4n) is 3.29. The van der Waals surface area contributed by atoms with E-state index in [-0.39, 0.29) is 5.91 Å². The second-order valence-corrected chi connectivity index (χ2v) is 9.78. The molecule has 3 aromatic carbocycles. The van der Waals surface area contributed by atoms with Crippen molar-refractivity contribution in [2.75, 3.05) is 20.3 Å². The van der Waals surface area contributed by atoms with E-state index in [2.05, 4.69) is 55.5 Å². The number of aliphatic imine (C=N–C) groups is 1. The molecule has 0 unspecified atom stereocenters. The Hall–Kier alpha value is -2.80. The summed E-state index contributed by atoms with van der Waals surface area (Å²) in [5.74, 6) is -0.0103. The zero-order valence-corrected chi connectivity index (χ0v) is 20.4. The van der Waals surface area contributed by atoms with Gasteiger partial charge >= 0.3 is 0 Å². The van der Waals surface area contributed by atoms with Gasteiger partial charge < -0.3 is 4.74 Å². The highest BCUT2D eigenvalue weighted by molar-refractivity contribution is 8.18. The standard InChI is InChI=1S/C27H26N2O2S2/c1-20-9-13-23(14-10-20)32-24-15-11-21(12-16-24)19-25-26(30)29(17-6-18-31-2)27(33-25)28-22-7-4-3-5-8-22/h3-5,7-16,19H,6,17-18H2,1-2H3/b25-19-,28-27?. The summed E-state index contributed by atoms with van der Waals surface area (Å²) in [6.07, 6.45) is 2.71. The summed E-state index contributed by atoms with van der Waals surface area (Å²) in [4.78, 5) is 22.7. The Morgan fingerprint density at radius 2 is 1.64 bits per heavy atom. The first-order chi connectivity index (χ1) is 16.1. The number of hydrogen-bond donors (Lipinski definition) is 0. The lowest BCUT2D eigenvalue weighted by atomic mass is 10.2. The van der Waals surface area contributed by atoms with Crippen LogP contribution in [0, 0.1) is 6.92 Å². The van der Waals surface area contributed by atoms with Crippen molar-refractivity contribution in [1.29, 1.82) is 0 Å². The highest BCUT2D eigenvalue weighted by Gasteiger charge is 2.33. The lowest BCUT2D eigenvalue weighted by molar-refractivity contribution is -0.122. The molecule has 1 fully saturated rings. The molecule has 1 heterocycles. The topological polar surface area (TPSA) is 41.9 Å². The molecule has 6 heteroatoms. The molecule has 1 saturated heterocycles. The van der Waals surface area contributed by atoms with E-state index >= 15 is 0 Å². The zero-order valence-electron chi connectivity index (χ0n) is 18.7. The van der Waals surface area contributed by atoms with Crippen LogP contribution in [0.25, 0.3) is 6.08 Å². The third-order valence-corrected chi connectivity index (χ3v) is 7.06. The van der Waals surface area contributed by atoms with Crippen molar-refractivity contribution < 1.29 is 9.53 Å². The van der Waals surface area contributed by atoms with Gasteiger partial charge in [0.1, 0.15) is 0 Å². The van der Waals surface area contributed by atoms with E-state index in [1.165, 1.54) is 27.1 Å². The van der Waals surface area contributed by atoms with E-state index in [9.17, 15) is 4.79 Å². The van der Waals surface area contributed by atoms with E-state index in [1.807, 2.05) is 36.4 Å². The van der Waals surface area contributed by atoms with Gasteiger partial charge in [0.15, 0.2) is 5.17 Å². The van der Waals surface area contributed by atoms with Gasteiger partial charge in [-0.3, -0.25) is 9.69 Å². The van der Waals surface area contributed by atoms with Crippen molar-refractivity contribution in [3.63, 3.8) is 0 Å². The molecule has 33 heavy (non-hydrogen) atoms. The summed E-state index contributed by atoms with van der Waals surface area (Å²) >= 11 is 3.15. The lowest BCUT2D eigenvalue weighted by Gasteiger charge is -2.15. The number of benzene rings is 3. The third kappa shape index (κ3) is 6.38. The number of nitrogens with zero attached hydrogens (tertiary/aromatic N) is 2. The number of thioether (sulfide) groups is 1. The molecule has 0 saturated carbocycles. The van der Waals surface area contributed by atoms with Crippen LogP contribution in [0.1, 0.15) is 17.5 Å². The minimum Gasteiger partial charge on any atom is -0.385 e. The second-order valence-electron chi connectivity index (χ2n) is 7.63. The van der Waals surface area contributed by atoms with Crippen LogP contribution in [0.5, 0.6) is 0 Å². The van der Waals surface area contributed by atoms with E-state index in [0.717, 1.165) is 17.7 Å². The van der Waals surface area contributed by atoms with Crippen LogP contribution in [-0.2, 0) is 9.53 Å². The average Bonchev–Trinajstić information content (AvgIpc) is 3.11. The van der Waals surface area contributed by atoms with Gasteiger partial charge in [-0.25, -0.2) is 4.99 Å². The van der Waals surface area contributed by atoms with Gasteiger partial charge in [-0.1, -0.05) is 59.8 Å². The SMILES string of the molecule is COCCCN1C(=O)/C(=C/c2ccc(Sc3ccc(C)cc3)cc2)SC1=Nc1ccccc1. The van der Waals surface area contributed by atoms with E-state index < -0.39 is 0 Å². The average molecular weight is 475 g/mol. The van der Waals surface area contributed by atoms with Crippen LogP contribution in [0.3, 0.4) is 0 Å². The molecule has 0 aromatic heterocycles. The first kappa shape index (κ1) is 23.4. The predicted octanol–water partition coefficient (Wildman–Crippen LogP) is 6.79. The molecule has 0 atom stereocenters. The maximum atomic E-state index is 13.2. The first-order valence-corrected chi connectivity index (χ1v) is 12.4. The van der Waals surface area contributed by atoms with Gasteiger partial charge in [0.05, 0.1) is 10.6 Å².